The van der Waals surface area contributed by atoms with Crippen LogP contribution < -0.4 is 0 Å². The molecule has 0 N–H and O–H groups in total. The molecule has 0 spiro atoms. The van der Waals surface area contributed by atoms with Gasteiger partial charge in [0.2, 0.25) is 5.91 Å². The molecular formula is C9H16N2O2. The molecule has 0 aliphatic carbocycles. The smallest absolute Gasteiger partial charge is 0.219 e. The first-order valence-electron chi connectivity index (χ1n) is 4.85. The van der Waals surface area contributed by atoms with E-state index in [1.807, 2.05) is 4.90 Å². The lowest BCUT2D eigenvalue weighted by Gasteiger charge is -2.33. The summed E-state index contributed by atoms with van der Waals surface area (Å²) < 4.78 is 5.16. The molecule has 0 bridgehead atoms. The normalized spacial score (nSPS) is 29.0. The SMILES string of the molecule is CC(=O)N1CCN(C[C@H]2CO2)CC1. The molecule has 0 aromatic rings. The van der Waals surface area contributed by atoms with Crippen LogP contribution in [0.25, 0.3) is 0 Å². The van der Waals surface area contributed by atoms with Gasteiger partial charge in [0.15, 0.2) is 0 Å². The summed E-state index contributed by atoms with van der Waals surface area (Å²) in [6.45, 7) is 7.36. The number of hydrogen-bond acceptors (Lipinski definition) is 3. The number of piperazine rings is 1. The van der Waals surface area contributed by atoms with Crippen LogP contribution in [0, 0.1) is 0 Å². The number of amides is 1. The van der Waals surface area contributed by atoms with E-state index < -0.39 is 0 Å². The molecule has 4 nitrogen and oxygen atoms in total. The maximum Gasteiger partial charge on any atom is 0.219 e. The van der Waals surface area contributed by atoms with Crippen LogP contribution >= 0.6 is 0 Å². The molecule has 0 aromatic carbocycles. The van der Waals surface area contributed by atoms with E-state index in [0.717, 1.165) is 39.3 Å². The number of carbonyl (C=O) groups excluding carboxylic acids is 1. The molecule has 2 heterocycles. The largest absolute Gasteiger partial charge is 0.372 e. The Labute approximate surface area is 78.4 Å². The second kappa shape index (κ2) is 3.64. The molecule has 1 atom stereocenters. The molecule has 2 rings (SSSR count). The Hall–Kier alpha value is -0.610. The van der Waals surface area contributed by atoms with Crippen molar-refractivity contribution < 1.29 is 9.53 Å². The van der Waals surface area contributed by atoms with Gasteiger partial charge in [0.05, 0.1) is 12.7 Å². The van der Waals surface area contributed by atoms with E-state index in [-0.39, 0.29) is 5.91 Å². The highest BCUT2D eigenvalue weighted by molar-refractivity contribution is 5.73. The van der Waals surface area contributed by atoms with Crippen LogP contribution in [0.4, 0.5) is 0 Å². The molecule has 0 unspecified atom stereocenters. The summed E-state index contributed by atoms with van der Waals surface area (Å²) in [5.41, 5.74) is 0. The number of hydrogen-bond donors (Lipinski definition) is 0. The molecule has 2 aliphatic rings. The van der Waals surface area contributed by atoms with Gasteiger partial charge in [-0.3, -0.25) is 9.69 Å². The summed E-state index contributed by atoms with van der Waals surface area (Å²) in [7, 11) is 0. The van der Waals surface area contributed by atoms with Crippen LogP contribution in [0.3, 0.4) is 0 Å². The molecule has 4 heteroatoms. The zero-order valence-corrected chi connectivity index (χ0v) is 8.03. The maximum absolute atomic E-state index is 11.0. The average molecular weight is 184 g/mol. The van der Waals surface area contributed by atoms with E-state index in [9.17, 15) is 4.79 Å². The number of carbonyl (C=O) groups is 1. The van der Waals surface area contributed by atoms with Gasteiger partial charge >= 0.3 is 0 Å². The molecule has 0 aromatic heterocycles. The second-order valence-electron chi connectivity index (χ2n) is 3.76. The lowest BCUT2D eigenvalue weighted by Crippen LogP contribution is -2.48. The monoisotopic (exact) mass is 184 g/mol. The molecule has 2 saturated heterocycles. The van der Waals surface area contributed by atoms with E-state index in [1.165, 1.54) is 0 Å². The van der Waals surface area contributed by atoms with E-state index >= 15 is 0 Å². The van der Waals surface area contributed by atoms with E-state index in [2.05, 4.69) is 4.90 Å². The Bertz CT molecular complexity index is 196. The van der Waals surface area contributed by atoms with Crippen LogP contribution in [-0.4, -0.2) is 61.1 Å². The standard InChI is InChI=1S/C9H16N2O2/c1-8(12)11-4-2-10(3-5-11)6-9-7-13-9/h9H,2-7H2,1H3/t9-/m0/s1. The summed E-state index contributed by atoms with van der Waals surface area (Å²) in [6, 6.07) is 0. The van der Waals surface area contributed by atoms with Gasteiger partial charge < -0.3 is 9.64 Å². The van der Waals surface area contributed by atoms with E-state index in [1.54, 1.807) is 6.92 Å². The van der Waals surface area contributed by atoms with E-state index in [0.29, 0.717) is 6.10 Å². The number of nitrogens with zero attached hydrogens (tertiary/aromatic N) is 2. The highest BCUT2D eigenvalue weighted by atomic mass is 16.6. The highest BCUT2D eigenvalue weighted by Gasteiger charge is 2.27. The highest BCUT2D eigenvalue weighted by Crippen LogP contribution is 2.12. The van der Waals surface area contributed by atoms with Gasteiger partial charge in [0, 0.05) is 39.6 Å². The summed E-state index contributed by atoms with van der Waals surface area (Å²) in [6.07, 6.45) is 0.476. The summed E-state index contributed by atoms with van der Waals surface area (Å²) >= 11 is 0. The Balaban J connectivity index is 1.71. The minimum atomic E-state index is 0.197. The summed E-state index contributed by atoms with van der Waals surface area (Å²) in [5.74, 6) is 0.197. The molecular weight excluding hydrogens is 168 g/mol. The van der Waals surface area contributed by atoms with Crippen molar-refractivity contribution in [2.75, 3.05) is 39.3 Å². The molecule has 2 fully saturated rings. The fourth-order valence-corrected chi connectivity index (χ4v) is 1.71. The van der Waals surface area contributed by atoms with Crippen molar-refractivity contribution in [2.45, 2.75) is 13.0 Å². The van der Waals surface area contributed by atoms with Crippen LogP contribution in [0.1, 0.15) is 6.92 Å². The van der Waals surface area contributed by atoms with Gasteiger partial charge in [-0.2, -0.15) is 0 Å². The first-order chi connectivity index (χ1) is 6.25. The van der Waals surface area contributed by atoms with Crippen LogP contribution in [0.15, 0.2) is 0 Å². The van der Waals surface area contributed by atoms with Gasteiger partial charge in [0.1, 0.15) is 0 Å². The number of ether oxygens (including phenoxy) is 1. The topological polar surface area (TPSA) is 36.1 Å². The first kappa shape index (κ1) is 8.97. The minimum Gasteiger partial charge on any atom is -0.372 e. The third kappa shape index (κ3) is 2.42. The molecule has 0 radical (unpaired) electrons. The third-order valence-corrected chi connectivity index (χ3v) is 2.68. The molecule has 1 amide bonds. The Kier molecular flexibility index (Phi) is 2.51. The maximum atomic E-state index is 11.0. The predicted molar refractivity (Wildman–Crippen MR) is 48.4 cm³/mol. The lowest BCUT2D eigenvalue weighted by atomic mass is 10.3. The predicted octanol–water partition coefficient (Wildman–Crippen LogP) is -0.451. The Morgan fingerprint density at radius 3 is 2.46 bits per heavy atom. The fourth-order valence-electron chi connectivity index (χ4n) is 1.71. The number of epoxide rings is 1. The van der Waals surface area contributed by atoms with Crippen molar-refractivity contribution in [1.82, 2.24) is 9.80 Å². The van der Waals surface area contributed by atoms with Crippen LogP contribution in [0.2, 0.25) is 0 Å². The molecule has 2 aliphatic heterocycles. The molecule has 0 saturated carbocycles. The third-order valence-electron chi connectivity index (χ3n) is 2.68. The zero-order valence-electron chi connectivity index (χ0n) is 8.03. The van der Waals surface area contributed by atoms with Crippen molar-refractivity contribution >= 4 is 5.91 Å². The van der Waals surface area contributed by atoms with Crippen molar-refractivity contribution in [2.24, 2.45) is 0 Å². The number of rotatable bonds is 2. The van der Waals surface area contributed by atoms with Crippen molar-refractivity contribution in [3.05, 3.63) is 0 Å². The van der Waals surface area contributed by atoms with Crippen molar-refractivity contribution in [1.29, 1.82) is 0 Å². The molecule has 13 heavy (non-hydrogen) atoms. The molecule has 74 valence electrons. The van der Waals surface area contributed by atoms with Crippen LogP contribution in [0.5, 0.6) is 0 Å². The lowest BCUT2D eigenvalue weighted by molar-refractivity contribution is -0.130. The Morgan fingerprint density at radius 2 is 2.00 bits per heavy atom. The average Bonchev–Trinajstić information content (AvgIpc) is 2.89. The summed E-state index contributed by atoms with van der Waals surface area (Å²) in [4.78, 5) is 15.3. The summed E-state index contributed by atoms with van der Waals surface area (Å²) in [5, 5.41) is 0. The first-order valence-corrected chi connectivity index (χ1v) is 4.85. The van der Waals surface area contributed by atoms with Crippen molar-refractivity contribution in [3.8, 4) is 0 Å². The van der Waals surface area contributed by atoms with Gasteiger partial charge in [-0.25, -0.2) is 0 Å². The van der Waals surface area contributed by atoms with Gasteiger partial charge in [0.25, 0.3) is 0 Å². The fraction of sp³-hybridized carbons (Fsp3) is 0.889. The van der Waals surface area contributed by atoms with Gasteiger partial charge in [-0.15, -0.1) is 0 Å². The van der Waals surface area contributed by atoms with Gasteiger partial charge in [-0.05, 0) is 0 Å². The van der Waals surface area contributed by atoms with Gasteiger partial charge in [-0.1, -0.05) is 0 Å². The van der Waals surface area contributed by atoms with Crippen LogP contribution in [-0.2, 0) is 9.53 Å². The minimum absolute atomic E-state index is 0.197. The van der Waals surface area contributed by atoms with E-state index in [4.69, 9.17) is 4.74 Å². The second-order valence-corrected chi connectivity index (χ2v) is 3.76. The zero-order chi connectivity index (χ0) is 9.26. The quantitative estimate of drug-likeness (QED) is 0.545. The Morgan fingerprint density at radius 1 is 1.38 bits per heavy atom. The van der Waals surface area contributed by atoms with Crippen molar-refractivity contribution in [3.63, 3.8) is 0 Å².